The van der Waals surface area contributed by atoms with Crippen molar-refractivity contribution in [2.75, 3.05) is 0 Å². The summed E-state index contributed by atoms with van der Waals surface area (Å²) in [7, 11) is 0. The second kappa shape index (κ2) is 2.08. The van der Waals surface area contributed by atoms with Gasteiger partial charge in [0.1, 0.15) is 17.3 Å². The first-order valence-electron chi connectivity index (χ1n) is 4.76. The molecule has 0 amide bonds. The second-order valence-corrected chi connectivity index (χ2v) is 4.41. The van der Waals surface area contributed by atoms with Crippen LogP contribution in [-0.4, -0.2) is 17.3 Å². The van der Waals surface area contributed by atoms with Crippen LogP contribution < -0.4 is 0 Å². The molecule has 3 fully saturated rings. The molecular weight excluding hydrogens is 168 g/mol. The van der Waals surface area contributed by atoms with Crippen molar-refractivity contribution in [3.63, 3.8) is 0 Å². The lowest BCUT2D eigenvalue weighted by Crippen LogP contribution is -2.12. The summed E-state index contributed by atoms with van der Waals surface area (Å²) in [5.41, 5.74) is 0. The molecule has 0 spiro atoms. The van der Waals surface area contributed by atoms with Gasteiger partial charge in [-0.3, -0.25) is 14.4 Å². The van der Waals surface area contributed by atoms with Crippen molar-refractivity contribution in [1.82, 2.24) is 0 Å². The predicted octanol–water partition coefficient (Wildman–Crippen LogP) is 0.370. The largest absolute Gasteiger partial charge is 0.299 e. The monoisotopic (exact) mass is 178 g/mol. The standard InChI is InChI=1S/C10H10O3/c11-7-1-4-8(12)3-6-9(13)2-5(7)10(4)6/h4-6,10H,1-3H2/t4-,5-,6+,10?/m1/s1. The molecule has 3 aliphatic carbocycles. The van der Waals surface area contributed by atoms with Gasteiger partial charge in [-0.15, -0.1) is 0 Å². The first-order chi connectivity index (χ1) is 6.18. The van der Waals surface area contributed by atoms with Gasteiger partial charge in [0.15, 0.2) is 0 Å². The molecule has 0 aromatic rings. The summed E-state index contributed by atoms with van der Waals surface area (Å²) in [5.74, 6) is 0.293. The first kappa shape index (κ1) is 7.42. The molecule has 0 N–H and O–H groups in total. The highest BCUT2D eigenvalue weighted by atomic mass is 16.1. The minimum Gasteiger partial charge on any atom is -0.299 e. The average Bonchev–Trinajstić information content (AvgIpc) is 2.63. The fraction of sp³-hybridized carbons (Fsp3) is 0.700. The lowest BCUT2D eigenvalue weighted by atomic mass is 9.92. The normalized spacial score (nSPS) is 47.5. The van der Waals surface area contributed by atoms with E-state index in [2.05, 4.69) is 0 Å². The van der Waals surface area contributed by atoms with Gasteiger partial charge in [0.05, 0.1) is 0 Å². The molecule has 13 heavy (non-hydrogen) atoms. The lowest BCUT2D eigenvalue weighted by molar-refractivity contribution is -0.124. The van der Waals surface area contributed by atoms with Crippen LogP contribution in [-0.2, 0) is 14.4 Å². The van der Waals surface area contributed by atoms with Gasteiger partial charge in [-0.05, 0) is 5.92 Å². The van der Waals surface area contributed by atoms with Gasteiger partial charge in [0.2, 0.25) is 0 Å². The second-order valence-electron chi connectivity index (χ2n) is 4.41. The van der Waals surface area contributed by atoms with Gasteiger partial charge in [-0.1, -0.05) is 0 Å². The molecule has 3 saturated carbocycles. The van der Waals surface area contributed by atoms with Gasteiger partial charge < -0.3 is 0 Å². The minimum absolute atomic E-state index is 0.0889. The van der Waals surface area contributed by atoms with E-state index in [0.717, 1.165) is 0 Å². The predicted molar refractivity (Wildman–Crippen MR) is 42.8 cm³/mol. The Morgan fingerprint density at radius 2 is 1.00 bits per heavy atom. The molecule has 0 aromatic carbocycles. The third kappa shape index (κ3) is 0.729. The zero-order valence-electron chi connectivity index (χ0n) is 7.16. The van der Waals surface area contributed by atoms with Crippen molar-refractivity contribution in [3.8, 4) is 0 Å². The summed E-state index contributed by atoms with van der Waals surface area (Å²) in [5, 5.41) is 0. The van der Waals surface area contributed by atoms with Crippen LogP contribution >= 0.6 is 0 Å². The van der Waals surface area contributed by atoms with E-state index in [1.165, 1.54) is 0 Å². The first-order valence-corrected chi connectivity index (χ1v) is 4.76. The van der Waals surface area contributed by atoms with Crippen LogP contribution in [0.1, 0.15) is 19.3 Å². The van der Waals surface area contributed by atoms with Gasteiger partial charge in [0.25, 0.3) is 0 Å². The maximum atomic E-state index is 11.4. The Morgan fingerprint density at radius 3 is 1.31 bits per heavy atom. The topological polar surface area (TPSA) is 51.2 Å². The van der Waals surface area contributed by atoms with Crippen molar-refractivity contribution >= 4 is 17.3 Å². The minimum atomic E-state index is -0.0889. The summed E-state index contributed by atoms with van der Waals surface area (Å²) >= 11 is 0. The Kier molecular flexibility index (Phi) is 1.19. The molecule has 0 heterocycles. The van der Waals surface area contributed by atoms with Crippen LogP contribution in [0.2, 0.25) is 0 Å². The van der Waals surface area contributed by atoms with E-state index in [1.54, 1.807) is 0 Å². The van der Waals surface area contributed by atoms with E-state index in [9.17, 15) is 14.4 Å². The van der Waals surface area contributed by atoms with Crippen molar-refractivity contribution in [2.24, 2.45) is 23.7 Å². The van der Waals surface area contributed by atoms with Crippen molar-refractivity contribution in [1.29, 1.82) is 0 Å². The summed E-state index contributed by atoms with van der Waals surface area (Å²) in [6, 6.07) is 0. The third-order valence-corrected chi connectivity index (χ3v) is 3.90. The van der Waals surface area contributed by atoms with E-state index < -0.39 is 0 Å². The zero-order valence-corrected chi connectivity index (χ0v) is 7.16. The molecule has 3 aliphatic rings. The summed E-state index contributed by atoms with van der Waals surface area (Å²) in [6.07, 6.45) is 1.24. The number of Topliss-reactive ketones (excluding diaryl/α,β-unsaturated/α-hetero) is 3. The van der Waals surface area contributed by atoms with Crippen molar-refractivity contribution < 1.29 is 14.4 Å². The van der Waals surface area contributed by atoms with Crippen LogP contribution in [0.25, 0.3) is 0 Å². The summed E-state index contributed by atoms with van der Waals surface area (Å²) < 4.78 is 0. The van der Waals surface area contributed by atoms with Crippen LogP contribution in [0, 0.1) is 23.7 Å². The molecule has 3 rings (SSSR count). The fourth-order valence-electron chi connectivity index (χ4n) is 3.34. The van der Waals surface area contributed by atoms with Crippen LogP contribution in [0.4, 0.5) is 0 Å². The maximum Gasteiger partial charge on any atom is 0.137 e. The Morgan fingerprint density at radius 1 is 0.692 bits per heavy atom. The number of hydrogen-bond acceptors (Lipinski definition) is 3. The molecule has 0 aromatic heterocycles. The van der Waals surface area contributed by atoms with Crippen molar-refractivity contribution in [3.05, 3.63) is 0 Å². The van der Waals surface area contributed by atoms with Gasteiger partial charge >= 0.3 is 0 Å². The van der Waals surface area contributed by atoms with E-state index in [4.69, 9.17) is 0 Å². The smallest absolute Gasteiger partial charge is 0.137 e. The number of carbonyl (C=O) groups is 3. The number of carbonyl (C=O) groups excluding carboxylic acids is 3. The lowest BCUT2D eigenvalue weighted by Gasteiger charge is -2.08. The molecule has 1 unspecified atom stereocenters. The van der Waals surface area contributed by atoms with Gasteiger partial charge in [-0.25, -0.2) is 0 Å². The Hall–Kier alpha value is -0.990. The average molecular weight is 178 g/mol. The molecule has 0 radical (unpaired) electrons. The van der Waals surface area contributed by atoms with E-state index in [1.807, 2.05) is 0 Å². The molecular formula is C10H10O3. The number of ketones is 3. The fourth-order valence-corrected chi connectivity index (χ4v) is 3.34. The SMILES string of the molecule is O=C1C[C@H]2C(=O)C[C@@H]3C(=O)C[C@H]1C32. The molecule has 0 saturated heterocycles. The summed E-state index contributed by atoms with van der Waals surface area (Å²) in [6.45, 7) is 0. The van der Waals surface area contributed by atoms with Crippen molar-refractivity contribution in [2.45, 2.75) is 19.3 Å². The van der Waals surface area contributed by atoms with Crippen LogP contribution in [0.15, 0.2) is 0 Å². The summed E-state index contributed by atoms with van der Waals surface area (Å²) in [4.78, 5) is 34.3. The van der Waals surface area contributed by atoms with Gasteiger partial charge in [-0.2, -0.15) is 0 Å². The highest BCUT2D eigenvalue weighted by molar-refractivity contribution is 6.04. The molecule has 0 aliphatic heterocycles. The molecule has 4 atom stereocenters. The third-order valence-electron chi connectivity index (χ3n) is 3.90. The Balaban J connectivity index is 2.07. The van der Waals surface area contributed by atoms with E-state index in [0.29, 0.717) is 19.3 Å². The van der Waals surface area contributed by atoms with E-state index >= 15 is 0 Å². The highest BCUT2D eigenvalue weighted by Gasteiger charge is 2.60. The quantitative estimate of drug-likeness (QED) is 0.538. The van der Waals surface area contributed by atoms with Crippen LogP contribution in [0.5, 0.6) is 0 Å². The number of rotatable bonds is 0. The Bertz CT molecular complexity index is 279. The molecule has 3 heteroatoms. The maximum absolute atomic E-state index is 11.4. The van der Waals surface area contributed by atoms with Gasteiger partial charge in [0, 0.05) is 37.0 Å². The zero-order chi connectivity index (χ0) is 9.16. The van der Waals surface area contributed by atoms with Crippen LogP contribution in [0.3, 0.4) is 0 Å². The molecule has 68 valence electrons. The molecule has 0 bridgehead atoms. The number of hydrogen-bond donors (Lipinski definition) is 0. The Labute approximate surface area is 75.5 Å². The highest BCUT2D eigenvalue weighted by Crippen LogP contribution is 2.53. The van der Waals surface area contributed by atoms with E-state index in [-0.39, 0.29) is 41.0 Å². The molecule has 3 nitrogen and oxygen atoms in total.